The van der Waals surface area contributed by atoms with Crippen molar-refractivity contribution in [2.45, 2.75) is 26.1 Å². The van der Waals surface area contributed by atoms with E-state index in [4.69, 9.17) is 4.74 Å². The normalized spacial score (nSPS) is 16.7. The third-order valence-electron chi connectivity index (χ3n) is 4.26. The highest BCUT2D eigenvalue weighted by Gasteiger charge is 2.34. The first-order valence-electron chi connectivity index (χ1n) is 9.07. The number of nitrogens with one attached hydrogen (secondary N) is 1. The van der Waals surface area contributed by atoms with Crippen molar-refractivity contribution in [2.24, 2.45) is 5.92 Å². The van der Waals surface area contributed by atoms with E-state index in [1.54, 1.807) is 11.8 Å². The first-order chi connectivity index (χ1) is 13.0. The molecule has 2 aromatic rings. The third kappa shape index (κ3) is 4.45. The van der Waals surface area contributed by atoms with E-state index < -0.39 is 0 Å². The Hall–Kier alpha value is -2.47. The molecule has 0 radical (unpaired) electrons. The number of carbonyl (C=O) groups is 2. The van der Waals surface area contributed by atoms with E-state index in [0.29, 0.717) is 12.4 Å². The summed E-state index contributed by atoms with van der Waals surface area (Å²) in [6.07, 6.45) is 0. The lowest BCUT2D eigenvalue weighted by atomic mass is 10.1. The van der Waals surface area contributed by atoms with E-state index >= 15 is 0 Å². The smallest absolute Gasteiger partial charge is 0.238 e. The van der Waals surface area contributed by atoms with Crippen LogP contribution in [0.15, 0.2) is 48.5 Å². The lowest BCUT2D eigenvalue weighted by Gasteiger charge is -2.25. The molecule has 0 aromatic heterocycles. The maximum atomic E-state index is 12.5. The fraction of sp³-hybridized carbons (Fsp3) is 0.333. The summed E-state index contributed by atoms with van der Waals surface area (Å²) in [5.41, 5.74) is 2.58. The Labute approximate surface area is 164 Å². The molecule has 1 fully saturated rings. The van der Waals surface area contributed by atoms with Crippen molar-refractivity contribution in [3.63, 3.8) is 0 Å². The van der Waals surface area contributed by atoms with Crippen molar-refractivity contribution >= 4 is 35.0 Å². The highest BCUT2D eigenvalue weighted by Crippen LogP contribution is 2.42. The Balaban J connectivity index is 1.84. The van der Waals surface area contributed by atoms with Crippen LogP contribution < -0.4 is 15.0 Å². The van der Waals surface area contributed by atoms with Crippen molar-refractivity contribution in [1.29, 1.82) is 0 Å². The number of amides is 2. The van der Waals surface area contributed by atoms with Gasteiger partial charge in [-0.1, -0.05) is 26.0 Å². The van der Waals surface area contributed by atoms with Gasteiger partial charge < -0.3 is 10.1 Å². The van der Waals surface area contributed by atoms with Crippen LogP contribution in [0.4, 0.5) is 11.4 Å². The standard InChI is InChI=1S/C21H24N2O3S/c1-4-26-18-10-8-17(9-11-18)23-19(24)13-27-21(23)15-6-5-7-16(12-15)22-20(25)14(2)3/h5-12,14,21H,4,13H2,1-3H3,(H,22,25)/t21-/m0/s1. The van der Waals surface area contributed by atoms with Gasteiger partial charge in [-0.3, -0.25) is 14.5 Å². The number of rotatable bonds is 6. The van der Waals surface area contributed by atoms with Crippen LogP contribution in [0.1, 0.15) is 31.7 Å². The second kappa shape index (κ2) is 8.48. The van der Waals surface area contributed by atoms with Gasteiger partial charge in [-0.05, 0) is 48.9 Å². The molecule has 6 heteroatoms. The van der Waals surface area contributed by atoms with Gasteiger partial charge >= 0.3 is 0 Å². The molecule has 0 spiro atoms. The van der Waals surface area contributed by atoms with E-state index in [9.17, 15) is 9.59 Å². The summed E-state index contributed by atoms with van der Waals surface area (Å²) in [6.45, 7) is 6.27. The number of anilines is 2. The minimum atomic E-state index is -0.119. The summed E-state index contributed by atoms with van der Waals surface area (Å²) in [5.74, 6) is 1.18. The van der Waals surface area contributed by atoms with Crippen molar-refractivity contribution in [1.82, 2.24) is 0 Å². The van der Waals surface area contributed by atoms with Crippen LogP contribution in [0.25, 0.3) is 0 Å². The second-order valence-corrected chi connectivity index (χ2v) is 7.69. The second-order valence-electron chi connectivity index (χ2n) is 6.62. The van der Waals surface area contributed by atoms with E-state index in [-0.39, 0.29) is 23.1 Å². The Morgan fingerprint density at radius 3 is 2.67 bits per heavy atom. The average Bonchev–Trinajstić information content (AvgIpc) is 3.04. The Morgan fingerprint density at radius 1 is 1.26 bits per heavy atom. The molecule has 3 rings (SSSR count). The van der Waals surface area contributed by atoms with Gasteiger partial charge in [0, 0.05) is 17.3 Å². The zero-order valence-electron chi connectivity index (χ0n) is 15.8. The van der Waals surface area contributed by atoms with Gasteiger partial charge in [0.05, 0.1) is 12.4 Å². The van der Waals surface area contributed by atoms with Crippen LogP contribution >= 0.6 is 11.8 Å². The Bertz CT molecular complexity index is 820. The molecule has 0 saturated carbocycles. The molecule has 2 aromatic carbocycles. The monoisotopic (exact) mass is 384 g/mol. The molecule has 142 valence electrons. The zero-order valence-corrected chi connectivity index (χ0v) is 16.6. The van der Waals surface area contributed by atoms with E-state index in [1.165, 1.54) is 0 Å². The topological polar surface area (TPSA) is 58.6 Å². The summed E-state index contributed by atoms with van der Waals surface area (Å²) >= 11 is 1.59. The summed E-state index contributed by atoms with van der Waals surface area (Å²) in [6, 6.07) is 15.3. The molecule has 1 heterocycles. The zero-order chi connectivity index (χ0) is 19.4. The lowest BCUT2D eigenvalue weighted by molar-refractivity contribution is -0.119. The van der Waals surface area contributed by atoms with E-state index in [0.717, 1.165) is 22.7 Å². The minimum Gasteiger partial charge on any atom is -0.494 e. The molecule has 1 atom stereocenters. The maximum absolute atomic E-state index is 12.5. The average molecular weight is 385 g/mol. The van der Waals surface area contributed by atoms with Crippen LogP contribution in [0.3, 0.4) is 0 Å². The van der Waals surface area contributed by atoms with Crippen LogP contribution in [-0.4, -0.2) is 24.2 Å². The summed E-state index contributed by atoms with van der Waals surface area (Å²) < 4.78 is 5.48. The van der Waals surface area contributed by atoms with Crippen molar-refractivity contribution in [2.75, 3.05) is 22.6 Å². The number of hydrogen-bond donors (Lipinski definition) is 1. The molecule has 2 amide bonds. The molecule has 0 aliphatic carbocycles. The highest BCUT2D eigenvalue weighted by molar-refractivity contribution is 8.00. The lowest BCUT2D eigenvalue weighted by Crippen LogP contribution is -2.27. The van der Waals surface area contributed by atoms with Crippen LogP contribution in [0, 0.1) is 5.92 Å². The number of nitrogens with zero attached hydrogens (tertiary/aromatic N) is 1. The molecular formula is C21H24N2O3S. The van der Waals surface area contributed by atoms with Gasteiger partial charge in [0.15, 0.2) is 0 Å². The predicted octanol–water partition coefficient (Wildman–Crippen LogP) is 4.46. The van der Waals surface area contributed by atoms with Gasteiger partial charge in [0.25, 0.3) is 0 Å². The fourth-order valence-electron chi connectivity index (χ4n) is 2.88. The molecule has 0 bridgehead atoms. The van der Waals surface area contributed by atoms with Gasteiger partial charge in [0.1, 0.15) is 11.1 Å². The molecule has 5 nitrogen and oxygen atoms in total. The first kappa shape index (κ1) is 19.3. The first-order valence-corrected chi connectivity index (χ1v) is 10.1. The number of thioether (sulfide) groups is 1. The van der Waals surface area contributed by atoms with Crippen LogP contribution in [0.2, 0.25) is 0 Å². The maximum Gasteiger partial charge on any atom is 0.238 e. The number of hydrogen-bond acceptors (Lipinski definition) is 4. The van der Waals surface area contributed by atoms with Crippen molar-refractivity contribution < 1.29 is 14.3 Å². The minimum absolute atomic E-state index is 0.0225. The summed E-state index contributed by atoms with van der Waals surface area (Å²) in [5, 5.41) is 2.81. The van der Waals surface area contributed by atoms with Gasteiger partial charge in [0.2, 0.25) is 11.8 Å². The predicted molar refractivity (Wildman–Crippen MR) is 110 cm³/mol. The molecule has 1 aliphatic rings. The molecule has 27 heavy (non-hydrogen) atoms. The SMILES string of the molecule is CCOc1ccc(N2C(=O)CS[C@H]2c2cccc(NC(=O)C(C)C)c2)cc1. The van der Waals surface area contributed by atoms with Crippen LogP contribution in [-0.2, 0) is 9.59 Å². The van der Waals surface area contributed by atoms with E-state index in [2.05, 4.69) is 5.32 Å². The fourth-order valence-corrected chi connectivity index (χ4v) is 4.04. The molecule has 1 saturated heterocycles. The summed E-state index contributed by atoms with van der Waals surface area (Å²) in [4.78, 5) is 26.3. The van der Waals surface area contributed by atoms with Gasteiger partial charge in [-0.2, -0.15) is 0 Å². The van der Waals surface area contributed by atoms with Crippen molar-refractivity contribution in [3.05, 3.63) is 54.1 Å². The Kier molecular flexibility index (Phi) is 6.06. The quantitative estimate of drug-likeness (QED) is 0.799. The Morgan fingerprint density at radius 2 is 2.00 bits per heavy atom. The number of ether oxygens (including phenoxy) is 1. The molecular weight excluding hydrogens is 360 g/mol. The van der Waals surface area contributed by atoms with Gasteiger partial charge in [-0.25, -0.2) is 0 Å². The van der Waals surface area contributed by atoms with Crippen molar-refractivity contribution in [3.8, 4) is 5.75 Å². The van der Waals surface area contributed by atoms with Crippen LogP contribution in [0.5, 0.6) is 5.75 Å². The summed E-state index contributed by atoms with van der Waals surface area (Å²) in [7, 11) is 0. The molecule has 1 aliphatic heterocycles. The molecule has 1 N–H and O–H groups in total. The van der Waals surface area contributed by atoms with Gasteiger partial charge in [-0.15, -0.1) is 11.8 Å². The third-order valence-corrected chi connectivity index (χ3v) is 5.47. The molecule has 0 unspecified atom stereocenters. The number of carbonyl (C=O) groups excluding carboxylic acids is 2. The largest absolute Gasteiger partial charge is 0.494 e. The highest BCUT2D eigenvalue weighted by atomic mass is 32.2. The van der Waals surface area contributed by atoms with E-state index in [1.807, 2.05) is 74.2 Å². The number of benzene rings is 2.